The van der Waals surface area contributed by atoms with E-state index in [0.717, 1.165) is 25.4 Å². The van der Waals surface area contributed by atoms with Crippen molar-refractivity contribution in [2.45, 2.75) is 6.18 Å². The highest BCUT2D eigenvalue weighted by Crippen LogP contribution is 2.42. The Labute approximate surface area is 143 Å². The Bertz CT molecular complexity index is 779. The molecule has 1 heterocycles. The van der Waals surface area contributed by atoms with E-state index < -0.39 is 29.0 Å². The summed E-state index contributed by atoms with van der Waals surface area (Å²) in [4.78, 5) is 15.4. The highest BCUT2D eigenvalue weighted by atomic mass is 35.5. The van der Waals surface area contributed by atoms with Crippen LogP contribution in [0.5, 0.6) is 0 Å². The molecule has 3 nitrogen and oxygen atoms in total. The predicted octanol–water partition coefficient (Wildman–Crippen LogP) is 5.51. The van der Waals surface area contributed by atoms with Crippen molar-refractivity contribution in [3.8, 4) is 11.3 Å². The average molecular weight is 385 g/mol. The van der Waals surface area contributed by atoms with Gasteiger partial charge in [-0.05, 0) is 18.2 Å². The van der Waals surface area contributed by atoms with Crippen molar-refractivity contribution in [3.05, 3.63) is 50.6 Å². The Morgan fingerprint density at radius 3 is 2.30 bits per heavy atom. The van der Waals surface area contributed by atoms with Crippen LogP contribution in [-0.2, 0) is 10.9 Å². The van der Waals surface area contributed by atoms with Crippen LogP contribution in [0, 0.1) is 0 Å². The Balaban J connectivity index is 2.83. The molecule has 122 valence electrons. The van der Waals surface area contributed by atoms with Crippen LogP contribution in [0.4, 0.5) is 13.2 Å². The molecule has 9 heteroatoms. The second kappa shape index (κ2) is 6.55. The monoisotopic (exact) mass is 383 g/mol. The van der Waals surface area contributed by atoms with Crippen LogP contribution in [0.3, 0.4) is 0 Å². The van der Waals surface area contributed by atoms with Crippen molar-refractivity contribution in [2.75, 3.05) is 7.11 Å². The van der Waals surface area contributed by atoms with Crippen LogP contribution in [0.2, 0.25) is 15.1 Å². The molecule has 0 atom stereocenters. The van der Waals surface area contributed by atoms with E-state index in [1.54, 1.807) is 0 Å². The molecule has 0 N–H and O–H groups in total. The molecule has 0 saturated carbocycles. The molecule has 0 fully saturated rings. The molecule has 0 amide bonds. The number of hydrogen-bond acceptors (Lipinski definition) is 3. The van der Waals surface area contributed by atoms with Gasteiger partial charge < -0.3 is 4.74 Å². The predicted molar refractivity (Wildman–Crippen MR) is 81.0 cm³/mol. The Kier molecular flexibility index (Phi) is 5.08. The number of carbonyl (C=O) groups excluding carboxylic acids is 1. The van der Waals surface area contributed by atoms with E-state index in [0.29, 0.717) is 0 Å². The lowest BCUT2D eigenvalue weighted by molar-refractivity contribution is -0.137. The largest absolute Gasteiger partial charge is 0.465 e. The zero-order valence-corrected chi connectivity index (χ0v) is 13.6. The first kappa shape index (κ1) is 17.8. The number of aromatic nitrogens is 1. The van der Waals surface area contributed by atoms with Gasteiger partial charge in [0.1, 0.15) is 0 Å². The normalized spacial score (nSPS) is 11.4. The fourth-order valence-corrected chi connectivity index (χ4v) is 2.57. The Morgan fingerprint density at radius 1 is 1.13 bits per heavy atom. The molecule has 1 aromatic heterocycles. The fourth-order valence-electron chi connectivity index (χ4n) is 1.94. The van der Waals surface area contributed by atoms with Gasteiger partial charge in [-0.3, -0.25) is 4.98 Å². The number of hydrogen-bond donors (Lipinski definition) is 0. The van der Waals surface area contributed by atoms with Crippen molar-refractivity contribution >= 4 is 40.8 Å². The Morgan fingerprint density at radius 2 is 1.74 bits per heavy atom. The van der Waals surface area contributed by atoms with Gasteiger partial charge in [0.05, 0.1) is 39.0 Å². The van der Waals surface area contributed by atoms with Gasteiger partial charge in [-0.25, -0.2) is 4.79 Å². The molecule has 0 bridgehead atoms. The number of rotatable bonds is 2. The second-order valence-electron chi connectivity index (χ2n) is 4.32. The first-order valence-electron chi connectivity index (χ1n) is 5.96. The molecule has 0 saturated heterocycles. The summed E-state index contributed by atoms with van der Waals surface area (Å²) in [5.41, 5.74) is -2.57. The van der Waals surface area contributed by atoms with Gasteiger partial charge in [0, 0.05) is 11.8 Å². The first-order chi connectivity index (χ1) is 10.7. The third-order valence-corrected chi connectivity index (χ3v) is 3.94. The quantitative estimate of drug-likeness (QED) is 0.506. The van der Waals surface area contributed by atoms with Gasteiger partial charge in [-0.2, -0.15) is 13.2 Å². The number of pyridine rings is 1. The minimum atomic E-state index is -4.86. The summed E-state index contributed by atoms with van der Waals surface area (Å²) in [6, 6.07) is 3.28. The van der Waals surface area contributed by atoms with Crippen LogP contribution >= 0.6 is 34.8 Å². The van der Waals surface area contributed by atoms with E-state index in [9.17, 15) is 18.0 Å². The zero-order chi connectivity index (χ0) is 17.4. The van der Waals surface area contributed by atoms with Crippen LogP contribution in [-0.4, -0.2) is 18.1 Å². The number of esters is 1. The van der Waals surface area contributed by atoms with E-state index in [4.69, 9.17) is 34.8 Å². The molecule has 2 aromatic rings. The molecule has 0 aliphatic rings. The summed E-state index contributed by atoms with van der Waals surface area (Å²) < 4.78 is 44.7. The van der Waals surface area contributed by atoms with Gasteiger partial charge in [0.2, 0.25) is 0 Å². The fraction of sp³-hybridized carbons (Fsp3) is 0.143. The zero-order valence-electron chi connectivity index (χ0n) is 11.3. The van der Waals surface area contributed by atoms with Crippen molar-refractivity contribution in [1.82, 2.24) is 4.98 Å². The number of nitrogens with zero attached hydrogens (tertiary/aromatic N) is 1. The number of benzene rings is 1. The molecule has 2 rings (SSSR count). The van der Waals surface area contributed by atoms with Crippen molar-refractivity contribution in [1.29, 1.82) is 0 Å². The number of halogens is 6. The summed E-state index contributed by atoms with van der Waals surface area (Å²) in [6.07, 6.45) is -3.81. The molecule has 0 aliphatic heterocycles. The van der Waals surface area contributed by atoms with Gasteiger partial charge in [-0.1, -0.05) is 34.8 Å². The number of carbonyl (C=O) groups is 1. The third-order valence-electron chi connectivity index (χ3n) is 2.90. The lowest BCUT2D eigenvalue weighted by atomic mass is 10.0. The van der Waals surface area contributed by atoms with E-state index in [1.165, 1.54) is 6.07 Å². The molecule has 0 unspecified atom stereocenters. The topological polar surface area (TPSA) is 39.2 Å². The van der Waals surface area contributed by atoms with Crippen molar-refractivity contribution < 1.29 is 22.7 Å². The maximum atomic E-state index is 13.5. The van der Waals surface area contributed by atoms with E-state index in [1.807, 2.05) is 0 Å². The minimum Gasteiger partial charge on any atom is -0.465 e. The van der Waals surface area contributed by atoms with E-state index >= 15 is 0 Å². The minimum absolute atomic E-state index is 0.00413. The van der Waals surface area contributed by atoms with Gasteiger partial charge in [-0.15, -0.1) is 0 Å². The Hall–Kier alpha value is -1.50. The third kappa shape index (κ3) is 3.54. The SMILES string of the molecule is COC(=O)c1ccnc(-c2cc(Cl)c(Cl)cc2Cl)c1C(F)(F)F. The maximum absolute atomic E-state index is 13.5. The molecule has 0 aliphatic carbocycles. The van der Waals surface area contributed by atoms with Crippen molar-refractivity contribution in [2.24, 2.45) is 0 Å². The lowest BCUT2D eigenvalue weighted by Crippen LogP contribution is -2.16. The summed E-state index contributed by atoms with van der Waals surface area (Å²) in [7, 11) is 0.981. The van der Waals surface area contributed by atoms with Crippen LogP contribution < -0.4 is 0 Å². The molecular formula is C14H7Cl3F3NO2. The smallest absolute Gasteiger partial charge is 0.419 e. The number of alkyl halides is 3. The van der Waals surface area contributed by atoms with E-state index in [2.05, 4.69) is 9.72 Å². The molecule has 1 aromatic carbocycles. The number of ether oxygens (including phenoxy) is 1. The average Bonchev–Trinajstić information content (AvgIpc) is 2.48. The molecule has 0 spiro atoms. The number of methoxy groups -OCH3 is 1. The second-order valence-corrected chi connectivity index (χ2v) is 5.54. The summed E-state index contributed by atoms with van der Waals surface area (Å²) in [5.74, 6) is -1.14. The molecule has 23 heavy (non-hydrogen) atoms. The van der Waals surface area contributed by atoms with E-state index in [-0.39, 0.29) is 20.6 Å². The lowest BCUT2D eigenvalue weighted by Gasteiger charge is -2.16. The van der Waals surface area contributed by atoms with Crippen LogP contribution in [0.25, 0.3) is 11.3 Å². The summed E-state index contributed by atoms with van der Waals surface area (Å²) in [6.45, 7) is 0. The molecule has 0 radical (unpaired) electrons. The molecular weight excluding hydrogens is 378 g/mol. The standard InChI is InChI=1S/C14H7Cl3F3NO2/c1-23-13(22)6-2-3-21-12(11(6)14(18,19)20)7-4-9(16)10(17)5-8(7)15/h2-5H,1H3. The summed E-state index contributed by atoms with van der Waals surface area (Å²) >= 11 is 17.6. The van der Waals surface area contributed by atoms with Gasteiger partial charge in [0.25, 0.3) is 0 Å². The maximum Gasteiger partial charge on any atom is 0.419 e. The van der Waals surface area contributed by atoms with Crippen LogP contribution in [0.15, 0.2) is 24.4 Å². The van der Waals surface area contributed by atoms with Gasteiger partial charge >= 0.3 is 12.1 Å². The summed E-state index contributed by atoms with van der Waals surface area (Å²) in [5, 5.41) is 0.00183. The van der Waals surface area contributed by atoms with Crippen molar-refractivity contribution in [3.63, 3.8) is 0 Å². The van der Waals surface area contributed by atoms with Gasteiger partial charge in [0.15, 0.2) is 0 Å². The highest BCUT2D eigenvalue weighted by molar-refractivity contribution is 6.44. The van der Waals surface area contributed by atoms with Crippen LogP contribution in [0.1, 0.15) is 15.9 Å². The highest BCUT2D eigenvalue weighted by Gasteiger charge is 2.40. The first-order valence-corrected chi connectivity index (χ1v) is 7.09.